The summed E-state index contributed by atoms with van der Waals surface area (Å²) >= 11 is 0. The van der Waals surface area contributed by atoms with Gasteiger partial charge in [0.25, 0.3) is 11.8 Å². The van der Waals surface area contributed by atoms with Crippen molar-refractivity contribution < 1.29 is 19.2 Å². The predicted octanol–water partition coefficient (Wildman–Crippen LogP) is 1.91. The standard InChI is InChI=1S/C24H24N4O4/c1-14(2)20(28-23(31)16-10-6-7-11-17(16)24(28)32)21(29)18-12-19(27-26-18)22(30)25-13-15-8-4-3-5-9-15/h3-11,14,19-20,27H,12-13H2,1-2H3,(H,25,30). The lowest BCUT2D eigenvalue weighted by Gasteiger charge is -2.28. The molecule has 2 aliphatic heterocycles. The number of hydrogen-bond acceptors (Lipinski definition) is 6. The minimum Gasteiger partial charge on any atom is -0.350 e. The Morgan fingerprint density at radius 2 is 1.62 bits per heavy atom. The van der Waals surface area contributed by atoms with Crippen LogP contribution < -0.4 is 10.7 Å². The summed E-state index contributed by atoms with van der Waals surface area (Å²) in [4.78, 5) is 52.7. The molecule has 0 fully saturated rings. The Labute approximate surface area is 185 Å². The fourth-order valence-electron chi connectivity index (χ4n) is 4.01. The van der Waals surface area contributed by atoms with Crippen LogP contribution in [-0.2, 0) is 16.1 Å². The maximum Gasteiger partial charge on any atom is 0.262 e. The second-order valence-corrected chi connectivity index (χ2v) is 8.23. The van der Waals surface area contributed by atoms with Crippen LogP contribution in [0.25, 0.3) is 0 Å². The third kappa shape index (κ3) is 3.91. The number of carbonyl (C=O) groups excluding carboxylic acids is 4. The molecule has 0 saturated carbocycles. The summed E-state index contributed by atoms with van der Waals surface area (Å²) in [6.45, 7) is 3.92. The van der Waals surface area contributed by atoms with Crippen molar-refractivity contribution in [2.45, 2.75) is 38.9 Å². The Morgan fingerprint density at radius 3 is 2.22 bits per heavy atom. The lowest BCUT2D eigenvalue weighted by Crippen LogP contribution is -2.50. The van der Waals surface area contributed by atoms with Crippen molar-refractivity contribution in [2.75, 3.05) is 0 Å². The van der Waals surface area contributed by atoms with Crippen LogP contribution in [0.3, 0.4) is 0 Å². The fourth-order valence-corrected chi connectivity index (χ4v) is 4.01. The lowest BCUT2D eigenvalue weighted by molar-refractivity contribution is -0.122. The van der Waals surface area contributed by atoms with Crippen LogP contribution in [0.5, 0.6) is 0 Å². The molecule has 0 bridgehead atoms. The SMILES string of the molecule is CC(C)C(C(=O)C1=NNC(C(=O)NCc2ccccc2)C1)N1C(=O)c2ccccc2C1=O. The van der Waals surface area contributed by atoms with Gasteiger partial charge in [-0.15, -0.1) is 0 Å². The number of fused-ring (bicyclic) bond motifs is 1. The normalized spacial score (nSPS) is 18.3. The van der Waals surface area contributed by atoms with Crippen LogP contribution in [0.1, 0.15) is 46.5 Å². The van der Waals surface area contributed by atoms with Gasteiger partial charge in [0, 0.05) is 13.0 Å². The van der Waals surface area contributed by atoms with Crippen LogP contribution in [0.4, 0.5) is 0 Å². The summed E-state index contributed by atoms with van der Waals surface area (Å²) in [7, 11) is 0. The number of Topliss-reactive ketones (excluding diaryl/α,β-unsaturated/α-hetero) is 1. The molecule has 2 heterocycles. The number of carbonyl (C=O) groups is 4. The van der Waals surface area contributed by atoms with Crippen LogP contribution in [0.15, 0.2) is 59.7 Å². The highest BCUT2D eigenvalue weighted by Gasteiger charge is 2.45. The third-order valence-corrected chi connectivity index (χ3v) is 5.67. The molecular weight excluding hydrogens is 408 g/mol. The van der Waals surface area contributed by atoms with E-state index in [9.17, 15) is 19.2 Å². The highest BCUT2D eigenvalue weighted by atomic mass is 16.2. The zero-order valence-electron chi connectivity index (χ0n) is 17.9. The Balaban J connectivity index is 1.44. The molecule has 2 unspecified atom stereocenters. The number of rotatable bonds is 7. The topological polar surface area (TPSA) is 108 Å². The molecule has 0 aliphatic carbocycles. The average Bonchev–Trinajstić information content (AvgIpc) is 3.38. The first-order chi connectivity index (χ1) is 15.4. The minimum absolute atomic E-state index is 0.0891. The van der Waals surface area contributed by atoms with Gasteiger partial charge in [0.2, 0.25) is 11.7 Å². The molecule has 0 spiro atoms. The highest BCUT2D eigenvalue weighted by Crippen LogP contribution is 2.28. The fraction of sp³-hybridized carbons (Fsp3) is 0.292. The molecule has 164 valence electrons. The van der Waals surface area contributed by atoms with Crippen molar-refractivity contribution in [3.8, 4) is 0 Å². The van der Waals surface area contributed by atoms with E-state index in [1.54, 1.807) is 38.1 Å². The molecule has 8 heteroatoms. The quantitative estimate of drug-likeness (QED) is 0.650. The van der Waals surface area contributed by atoms with Gasteiger partial charge < -0.3 is 5.32 Å². The molecule has 3 amide bonds. The number of imide groups is 1. The smallest absolute Gasteiger partial charge is 0.262 e. The summed E-state index contributed by atoms with van der Waals surface area (Å²) in [6.07, 6.45) is 0.0891. The molecule has 0 radical (unpaired) electrons. The Hall–Kier alpha value is -3.81. The summed E-state index contributed by atoms with van der Waals surface area (Å²) in [5, 5.41) is 6.90. The van der Waals surface area contributed by atoms with Gasteiger partial charge in [0.1, 0.15) is 17.8 Å². The summed E-state index contributed by atoms with van der Waals surface area (Å²) in [5.41, 5.74) is 4.41. The summed E-state index contributed by atoms with van der Waals surface area (Å²) in [5.74, 6) is -2.00. The van der Waals surface area contributed by atoms with Gasteiger partial charge in [-0.3, -0.25) is 29.5 Å². The van der Waals surface area contributed by atoms with Crippen molar-refractivity contribution in [3.63, 3.8) is 0 Å². The predicted molar refractivity (Wildman–Crippen MR) is 118 cm³/mol. The number of ketones is 1. The Morgan fingerprint density at radius 1 is 1.03 bits per heavy atom. The van der Waals surface area contributed by atoms with E-state index in [4.69, 9.17) is 0 Å². The second kappa shape index (κ2) is 8.74. The monoisotopic (exact) mass is 432 g/mol. The van der Waals surface area contributed by atoms with E-state index in [1.165, 1.54) is 0 Å². The molecular formula is C24H24N4O4. The second-order valence-electron chi connectivity index (χ2n) is 8.23. The maximum absolute atomic E-state index is 13.3. The van der Waals surface area contributed by atoms with E-state index in [-0.39, 0.29) is 24.0 Å². The van der Waals surface area contributed by atoms with E-state index >= 15 is 0 Å². The van der Waals surface area contributed by atoms with Gasteiger partial charge in [-0.2, -0.15) is 5.10 Å². The Bertz CT molecular complexity index is 1070. The third-order valence-electron chi connectivity index (χ3n) is 5.67. The van der Waals surface area contributed by atoms with Gasteiger partial charge in [0.05, 0.1) is 11.1 Å². The number of nitrogens with one attached hydrogen (secondary N) is 2. The van der Waals surface area contributed by atoms with Gasteiger partial charge in [-0.05, 0) is 23.6 Å². The van der Waals surface area contributed by atoms with E-state index < -0.39 is 29.7 Å². The molecule has 32 heavy (non-hydrogen) atoms. The maximum atomic E-state index is 13.3. The molecule has 2 aromatic rings. The van der Waals surface area contributed by atoms with Gasteiger partial charge in [0.15, 0.2) is 0 Å². The molecule has 2 aromatic carbocycles. The lowest BCUT2D eigenvalue weighted by atomic mass is 9.93. The van der Waals surface area contributed by atoms with Crippen molar-refractivity contribution in [1.82, 2.24) is 15.6 Å². The van der Waals surface area contributed by atoms with Gasteiger partial charge in [-0.1, -0.05) is 56.3 Å². The summed E-state index contributed by atoms with van der Waals surface area (Å²) < 4.78 is 0. The molecule has 8 nitrogen and oxygen atoms in total. The van der Waals surface area contributed by atoms with Crippen molar-refractivity contribution >= 4 is 29.2 Å². The molecule has 2 atom stereocenters. The van der Waals surface area contributed by atoms with Crippen molar-refractivity contribution in [3.05, 3.63) is 71.3 Å². The van der Waals surface area contributed by atoms with Crippen LogP contribution in [0, 0.1) is 5.92 Å². The first-order valence-electron chi connectivity index (χ1n) is 10.5. The van der Waals surface area contributed by atoms with Crippen molar-refractivity contribution in [1.29, 1.82) is 0 Å². The molecule has 0 saturated heterocycles. The first kappa shape index (κ1) is 21.4. The zero-order chi connectivity index (χ0) is 22.8. The highest BCUT2D eigenvalue weighted by molar-refractivity contribution is 6.43. The van der Waals surface area contributed by atoms with Crippen LogP contribution in [0.2, 0.25) is 0 Å². The van der Waals surface area contributed by atoms with Gasteiger partial charge >= 0.3 is 0 Å². The number of benzene rings is 2. The zero-order valence-corrected chi connectivity index (χ0v) is 17.9. The van der Waals surface area contributed by atoms with E-state index in [1.807, 2.05) is 30.3 Å². The molecule has 0 aromatic heterocycles. The molecule has 4 rings (SSSR count). The van der Waals surface area contributed by atoms with E-state index in [2.05, 4.69) is 15.8 Å². The largest absolute Gasteiger partial charge is 0.350 e. The van der Waals surface area contributed by atoms with E-state index in [0.717, 1.165) is 10.5 Å². The van der Waals surface area contributed by atoms with Crippen LogP contribution >= 0.6 is 0 Å². The Kier molecular flexibility index (Phi) is 5.85. The summed E-state index contributed by atoms with van der Waals surface area (Å²) in [6, 6.07) is 14.3. The number of nitrogens with zero attached hydrogens (tertiary/aromatic N) is 2. The van der Waals surface area contributed by atoms with Crippen molar-refractivity contribution in [2.24, 2.45) is 11.0 Å². The molecule has 2 aliphatic rings. The van der Waals surface area contributed by atoms with Crippen LogP contribution in [-0.4, -0.2) is 46.2 Å². The molecule has 2 N–H and O–H groups in total. The van der Waals surface area contributed by atoms with Gasteiger partial charge in [-0.25, -0.2) is 0 Å². The minimum atomic E-state index is -0.992. The number of hydrazone groups is 1. The number of amides is 3. The first-order valence-corrected chi connectivity index (χ1v) is 10.5. The average molecular weight is 432 g/mol. The number of hydrogen-bond donors (Lipinski definition) is 2. The van der Waals surface area contributed by atoms with E-state index in [0.29, 0.717) is 17.7 Å².